The van der Waals surface area contributed by atoms with Gasteiger partial charge in [0.05, 0.1) is 6.26 Å². The van der Waals surface area contributed by atoms with Gasteiger partial charge in [-0.05, 0) is 43.2 Å². The molecule has 1 atom stereocenters. The number of unbranched alkanes of at least 4 members (excludes halogenated alkanes) is 1. The first kappa shape index (κ1) is 18.6. The van der Waals surface area contributed by atoms with E-state index in [1.165, 1.54) is 0 Å². The fourth-order valence-corrected chi connectivity index (χ4v) is 3.76. The van der Waals surface area contributed by atoms with Crippen LogP contribution in [0.15, 0.2) is 57.8 Å². The van der Waals surface area contributed by atoms with E-state index in [4.69, 9.17) is 9.15 Å². The number of furan rings is 1. The van der Waals surface area contributed by atoms with Crippen LogP contribution < -0.4 is 10.1 Å². The fraction of sp³-hybridized carbons (Fsp3) is 0.286. The van der Waals surface area contributed by atoms with Crippen LogP contribution in [0.5, 0.6) is 5.88 Å². The van der Waals surface area contributed by atoms with E-state index in [0.717, 1.165) is 41.2 Å². The van der Waals surface area contributed by atoms with Gasteiger partial charge >= 0.3 is 0 Å². The van der Waals surface area contributed by atoms with Crippen molar-refractivity contribution in [2.45, 2.75) is 38.1 Å². The molecule has 1 aliphatic heterocycles. The fourth-order valence-electron chi connectivity index (χ4n) is 2.90. The molecule has 3 heterocycles. The van der Waals surface area contributed by atoms with E-state index in [2.05, 4.69) is 27.4 Å². The smallest absolute Gasteiger partial charge is 0.247 e. The van der Waals surface area contributed by atoms with Gasteiger partial charge in [-0.3, -0.25) is 0 Å². The van der Waals surface area contributed by atoms with Crippen molar-refractivity contribution < 1.29 is 9.15 Å². The molecule has 1 aromatic carbocycles. The molecular weight excluding hydrogens is 372 g/mol. The summed E-state index contributed by atoms with van der Waals surface area (Å²) in [5.41, 5.74) is 3.48. The van der Waals surface area contributed by atoms with Gasteiger partial charge in [0.1, 0.15) is 5.76 Å². The zero-order chi connectivity index (χ0) is 19.3. The van der Waals surface area contributed by atoms with E-state index < -0.39 is 6.23 Å². The number of thioether (sulfide) groups is 1. The summed E-state index contributed by atoms with van der Waals surface area (Å²) in [4.78, 5) is 4.65. The van der Waals surface area contributed by atoms with Crippen LogP contribution in [0.4, 0.5) is 5.69 Å². The van der Waals surface area contributed by atoms with Crippen molar-refractivity contribution in [1.82, 2.24) is 15.2 Å². The van der Waals surface area contributed by atoms with Gasteiger partial charge in [0.25, 0.3) is 0 Å². The van der Waals surface area contributed by atoms with Crippen LogP contribution in [0, 0.1) is 0 Å². The third-order valence-electron chi connectivity index (χ3n) is 4.39. The second-order valence-electron chi connectivity index (χ2n) is 6.54. The monoisotopic (exact) mass is 394 g/mol. The van der Waals surface area contributed by atoms with Crippen molar-refractivity contribution in [3.63, 3.8) is 0 Å². The van der Waals surface area contributed by atoms with Crippen LogP contribution >= 0.6 is 11.8 Å². The number of aromatic nitrogens is 3. The summed E-state index contributed by atoms with van der Waals surface area (Å²) in [5, 5.41) is 12.8. The summed E-state index contributed by atoms with van der Waals surface area (Å²) in [6.45, 7) is 4.17. The van der Waals surface area contributed by atoms with Crippen molar-refractivity contribution in [1.29, 1.82) is 0 Å². The van der Waals surface area contributed by atoms with Gasteiger partial charge in [-0.15, -0.1) is 10.2 Å². The van der Waals surface area contributed by atoms with Crippen molar-refractivity contribution >= 4 is 23.5 Å². The number of para-hydroxylation sites is 1. The lowest BCUT2D eigenvalue weighted by molar-refractivity contribution is 0.255. The maximum absolute atomic E-state index is 6.25. The number of benzene rings is 1. The van der Waals surface area contributed by atoms with Gasteiger partial charge < -0.3 is 14.5 Å². The molecule has 0 saturated carbocycles. The number of hydrogen-bond acceptors (Lipinski definition) is 7. The Balaban J connectivity index is 1.70. The lowest BCUT2D eigenvalue weighted by Crippen LogP contribution is -2.27. The van der Waals surface area contributed by atoms with E-state index in [1.807, 2.05) is 49.4 Å². The second-order valence-corrected chi connectivity index (χ2v) is 7.60. The number of anilines is 1. The topological polar surface area (TPSA) is 73.1 Å². The zero-order valence-corrected chi connectivity index (χ0v) is 16.7. The van der Waals surface area contributed by atoms with E-state index in [0.29, 0.717) is 16.7 Å². The summed E-state index contributed by atoms with van der Waals surface area (Å²) in [5.74, 6) is 2.23. The summed E-state index contributed by atoms with van der Waals surface area (Å²) in [7, 11) is 0. The Morgan fingerprint density at radius 2 is 2.11 bits per heavy atom. The molecule has 6 nitrogen and oxygen atoms in total. The lowest BCUT2D eigenvalue weighted by Gasteiger charge is -2.19. The third kappa shape index (κ3) is 4.04. The van der Waals surface area contributed by atoms with Gasteiger partial charge in [0.15, 0.2) is 11.9 Å². The Morgan fingerprint density at radius 1 is 1.21 bits per heavy atom. The predicted octanol–water partition coefficient (Wildman–Crippen LogP) is 5.26. The molecule has 0 aliphatic carbocycles. The van der Waals surface area contributed by atoms with E-state index in [9.17, 15) is 0 Å². The Bertz CT molecular complexity index is 972. The molecule has 0 bridgehead atoms. The molecule has 144 valence electrons. The first-order chi connectivity index (χ1) is 13.7. The molecule has 0 unspecified atom stereocenters. The number of fused-ring (bicyclic) bond motifs is 3. The van der Waals surface area contributed by atoms with Gasteiger partial charge in [-0.25, -0.2) is 0 Å². The maximum atomic E-state index is 6.25. The second kappa shape index (κ2) is 8.48. The van der Waals surface area contributed by atoms with Crippen LogP contribution in [-0.4, -0.2) is 27.2 Å². The van der Waals surface area contributed by atoms with E-state index in [-0.39, 0.29) is 0 Å². The highest BCUT2D eigenvalue weighted by Gasteiger charge is 2.26. The summed E-state index contributed by atoms with van der Waals surface area (Å²) in [6, 6.07) is 11.7. The van der Waals surface area contributed by atoms with Crippen LogP contribution in [0.1, 0.15) is 32.4 Å². The van der Waals surface area contributed by atoms with E-state index in [1.54, 1.807) is 18.0 Å². The molecule has 1 N–H and O–H groups in total. The van der Waals surface area contributed by atoms with Crippen molar-refractivity contribution in [3.8, 4) is 17.1 Å². The molecule has 28 heavy (non-hydrogen) atoms. The Labute approximate surface area is 168 Å². The van der Waals surface area contributed by atoms with Crippen molar-refractivity contribution in [2.24, 2.45) is 0 Å². The van der Waals surface area contributed by atoms with Gasteiger partial charge in [-0.2, -0.15) is 4.98 Å². The zero-order valence-electron chi connectivity index (χ0n) is 15.9. The highest BCUT2D eigenvalue weighted by molar-refractivity contribution is 7.99. The molecule has 0 amide bonds. The molecule has 0 spiro atoms. The molecule has 3 aromatic rings. The third-order valence-corrected chi connectivity index (χ3v) is 5.31. The summed E-state index contributed by atoms with van der Waals surface area (Å²) >= 11 is 1.60. The average Bonchev–Trinajstić information content (AvgIpc) is 3.15. The average molecular weight is 395 g/mol. The molecule has 2 aromatic heterocycles. The van der Waals surface area contributed by atoms with Crippen LogP contribution in [-0.2, 0) is 0 Å². The summed E-state index contributed by atoms with van der Waals surface area (Å²) in [6.07, 6.45) is 5.47. The normalized spacial score (nSPS) is 15.8. The van der Waals surface area contributed by atoms with Gasteiger partial charge in [0.2, 0.25) is 11.0 Å². The quantitative estimate of drug-likeness (QED) is 0.452. The highest BCUT2D eigenvalue weighted by atomic mass is 32.2. The minimum Gasteiger partial charge on any atom is -0.465 e. The van der Waals surface area contributed by atoms with Crippen molar-refractivity contribution in [2.75, 3.05) is 11.1 Å². The number of ether oxygens (including phenoxy) is 1. The lowest BCUT2D eigenvalue weighted by atomic mass is 10.1. The molecular formula is C21H22N4O2S. The highest BCUT2D eigenvalue weighted by Crippen LogP contribution is 2.37. The minimum atomic E-state index is -0.391. The molecule has 4 rings (SSSR count). The maximum Gasteiger partial charge on any atom is 0.247 e. The predicted molar refractivity (Wildman–Crippen MR) is 111 cm³/mol. The summed E-state index contributed by atoms with van der Waals surface area (Å²) < 4.78 is 11.7. The minimum absolute atomic E-state index is 0.391. The Kier molecular flexibility index (Phi) is 5.62. The largest absolute Gasteiger partial charge is 0.465 e. The molecule has 1 aliphatic rings. The Morgan fingerprint density at radius 3 is 2.93 bits per heavy atom. The van der Waals surface area contributed by atoms with Crippen LogP contribution in [0.3, 0.4) is 0 Å². The number of nitrogens with one attached hydrogen (secondary N) is 1. The van der Waals surface area contributed by atoms with Crippen molar-refractivity contribution in [3.05, 3.63) is 54.0 Å². The first-order valence-electron chi connectivity index (χ1n) is 9.36. The molecule has 0 fully saturated rings. The van der Waals surface area contributed by atoms with Gasteiger partial charge in [0, 0.05) is 17.0 Å². The molecule has 7 heteroatoms. The van der Waals surface area contributed by atoms with Crippen LogP contribution in [0.2, 0.25) is 0 Å². The van der Waals surface area contributed by atoms with Crippen LogP contribution in [0.25, 0.3) is 17.3 Å². The number of rotatable bonds is 6. The SMILES string of the molecule is CCCCSc1nnc2c(n1)O[C@@H](/C(C)=C/c1ccco1)Nc1ccccc1-2. The number of hydrogen-bond donors (Lipinski definition) is 1. The first-order valence-corrected chi connectivity index (χ1v) is 10.3. The molecule has 0 saturated heterocycles. The Hall–Kier alpha value is -2.80. The number of nitrogens with zero attached hydrogens (tertiary/aromatic N) is 3. The van der Waals surface area contributed by atoms with E-state index >= 15 is 0 Å². The van der Waals surface area contributed by atoms with Gasteiger partial charge in [-0.1, -0.05) is 43.3 Å². The molecule has 0 radical (unpaired) electrons. The standard InChI is InChI=1S/C21H22N4O2S/c1-3-4-12-28-21-23-20-18(24-25-21)16-9-5-6-10-17(16)22-19(27-20)14(2)13-15-8-7-11-26-15/h5-11,13,19,22H,3-4,12H2,1-2H3/b14-13+/t19-/m0/s1.